The highest BCUT2D eigenvalue weighted by Crippen LogP contribution is 2.17. The summed E-state index contributed by atoms with van der Waals surface area (Å²) in [5.74, 6) is -0.618. The average Bonchev–Trinajstić information content (AvgIpc) is 2.31. The molecule has 0 bridgehead atoms. The van der Waals surface area contributed by atoms with E-state index in [1.165, 1.54) is 12.1 Å². The van der Waals surface area contributed by atoms with Crippen molar-refractivity contribution in [2.75, 3.05) is 0 Å². The maximum atomic E-state index is 13.2. The van der Waals surface area contributed by atoms with Crippen LogP contribution in [0.25, 0.3) is 0 Å². The minimum atomic E-state index is -0.381. The summed E-state index contributed by atoms with van der Waals surface area (Å²) in [4.78, 5) is 12.0. The van der Waals surface area contributed by atoms with Crippen LogP contribution < -0.4 is 11.1 Å². The summed E-state index contributed by atoms with van der Waals surface area (Å²) < 4.78 is 13.2. The van der Waals surface area contributed by atoms with Crippen molar-refractivity contribution in [2.45, 2.75) is 44.7 Å². The van der Waals surface area contributed by atoms with E-state index in [9.17, 15) is 9.18 Å². The van der Waals surface area contributed by atoms with E-state index in [4.69, 9.17) is 5.73 Å². The quantitative estimate of drug-likeness (QED) is 0.845. The average molecular weight is 250 g/mol. The van der Waals surface area contributed by atoms with Crippen LogP contribution in [0.5, 0.6) is 0 Å². The van der Waals surface area contributed by atoms with E-state index in [0.717, 1.165) is 31.2 Å². The lowest BCUT2D eigenvalue weighted by molar-refractivity contribution is 0.0920. The molecule has 18 heavy (non-hydrogen) atoms. The summed E-state index contributed by atoms with van der Waals surface area (Å²) in [5.41, 5.74) is 7.09. The van der Waals surface area contributed by atoms with Crippen LogP contribution in [0.1, 0.15) is 41.6 Å². The molecule has 3 nitrogen and oxygen atoms in total. The summed E-state index contributed by atoms with van der Waals surface area (Å²) >= 11 is 0. The van der Waals surface area contributed by atoms with Crippen molar-refractivity contribution in [2.24, 2.45) is 5.73 Å². The standard InChI is InChI=1S/C14H19FN2O/c1-9-6-10(8-11(15)7-9)14(18)17-13-5-3-2-4-12(13)16/h6-8,12-13H,2-5,16H2,1H3,(H,17,18). The van der Waals surface area contributed by atoms with Crippen LogP contribution in [0.3, 0.4) is 0 Å². The number of carbonyl (C=O) groups is 1. The van der Waals surface area contributed by atoms with Gasteiger partial charge in [-0.15, -0.1) is 0 Å². The molecule has 0 spiro atoms. The summed E-state index contributed by atoms with van der Waals surface area (Å²) in [5, 5.41) is 2.91. The van der Waals surface area contributed by atoms with Gasteiger partial charge in [-0.25, -0.2) is 4.39 Å². The van der Waals surface area contributed by atoms with Crippen molar-refractivity contribution in [3.05, 3.63) is 35.1 Å². The monoisotopic (exact) mass is 250 g/mol. The third-order valence-electron chi connectivity index (χ3n) is 3.44. The van der Waals surface area contributed by atoms with Gasteiger partial charge in [-0.05, 0) is 43.5 Å². The number of nitrogens with two attached hydrogens (primary N) is 1. The number of hydrogen-bond acceptors (Lipinski definition) is 2. The van der Waals surface area contributed by atoms with Gasteiger partial charge in [-0.1, -0.05) is 12.8 Å². The van der Waals surface area contributed by atoms with Crippen molar-refractivity contribution < 1.29 is 9.18 Å². The molecule has 0 aromatic heterocycles. The van der Waals surface area contributed by atoms with Crippen molar-refractivity contribution in [1.29, 1.82) is 0 Å². The molecule has 2 unspecified atom stereocenters. The second-order valence-corrected chi connectivity index (χ2v) is 5.05. The van der Waals surface area contributed by atoms with Gasteiger partial charge in [0.1, 0.15) is 5.82 Å². The second-order valence-electron chi connectivity index (χ2n) is 5.05. The Morgan fingerprint density at radius 1 is 1.33 bits per heavy atom. The van der Waals surface area contributed by atoms with Gasteiger partial charge >= 0.3 is 0 Å². The highest BCUT2D eigenvalue weighted by Gasteiger charge is 2.23. The van der Waals surface area contributed by atoms with Crippen molar-refractivity contribution in [3.8, 4) is 0 Å². The zero-order chi connectivity index (χ0) is 13.1. The van der Waals surface area contributed by atoms with Crippen molar-refractivity contribution in [3.63, 3.8) is 0 Å². The van der Waals surface area contributed by atoms with E-state index >= 15 is 0 Å². The first kappa shape index (κ1) is 13.0. The van der Waals surface area contributed by atoms with Crippen molar-refractivity contribution in [1.82, 2.24) is 5.32 Å². The fourth-order valence-corrected chi connectivity index (χ4v) is 2.46. The molecule has 1 aromatic carbocycles. The molecule has 1 aliphatic rings. The Morgan fingerprint density at radius 3 is 2.72 bits per heavy atom. The zero-order valence-corrected chi connectivity index (χ0v) is 10.6. The first-order valence-electron chi connectivity index (χ1n) is 6.40. The molecule has 1 fully saturated rings. The van der Waals surface area contributed by atoms with Gasteiger partial charge < -0.3 is 11.1 Å². The fourth-order valence-electron chi connectivity index (χ4n) is 2.46. The predicted octanol–water partition coefficient (Wildman–Crippen LogP) is 2.13. The Hall–Kier alpha value is -1.42. The lowest BCUT2D eigenvalue weighted by atomic mass is 9.91. The van der Waals surface area contributed by atoms with E-state index in [2.05, 4.69) is 5.32 Å². The Labute approximate surface area is 107 Å². The lowest BCUT2D eigenvalue weighted by Gasteiger charge is -2.29. The molecule has 0 aliphatic heterocycles. The first-order chi connectivity index (χ1) is 8.56. The highest BCUT2D eigenvalue weighted by atomic mass is 19.1. The van der Waals surface area contributed by atoms with E-state index in [1.54, 1.807) is 13.0 Å². The third-order valence-corrected chi connectivity index (χ3v) is 3.44. The highest BCUT2D eigenvalue weighted by molar-refractivity contribution is 5.94. The second kappa shape index (κ2) is 5.48. The number of carbonyl (C=O) groups excluding carboxylic acids is 1. The minimum Gasteiger partial charge on any atom is -0.348 e. The van der Waals surface area contributed by atoms with Gasteiger partial charge in [-0.2, -0.15) is 0 Å². The molecule has 0 heterocycles. The SMILES string of the molecule is Cc1cc(F)cc(C(=O)NC2CCCCC2N)c1. The number of hydrogen-bond donors (Lipinski definition) is 2. The predicted molar refractivity (Wildman–Crippen MR) is 68.8 cm³/mol. The van der Waals surface area contributed by atoms with Gasteiger partial charge in [0.2, 0.25) is 0 Å². The number of rotatable bonds is 2. The topological polar surface area (TPSA) is 55.1 Å². The van der Waals surface area contributed by atoms with Gasteiger partial charge in [0.15, 0.2) is 0 Å². The van der Waals surface area contributed by atoms with Gasteiger partial charge in [0.05, 0.1) is 0 Å². The number of nitrogens with one attached hydrogen (secondary N) is 1. The van der Waals surface area contributed by atoms with Crippen molar-refractivity contribution >= 4 is 5.91 Å². The smallest absolute Gasteiger partial charge is 0.251 e. The Bertz CT molecular complexity index is 427. The van der Waals surface area contributed by atoms with Crippen LogP contribution in [-0.4, -0.2) is 18.0 Å². The van der Waals surface area contributed by atoms with Crippen LogP contribution >= 0.6 is 0 Å². The largest absolute Gasteiger partial charge is 0.348 e. The Balaban J connectivity index is 2.06. The van der Waals surface area contributed by atoms with E-state index in [-0.39, 0.29) is 23.8 Å². The third kappa shape index (κ3) is 3.07. The summed E-state index contributed by atoms with van der Waals surface area (Å²) in [6, 6.07) is 4.37. The molecule has 1 amide bonds. The van der Waals surface area contributed by atoms with Crippen LogP contribution in [0.15, 0.2) is 18.2 Å². The molecule has 1 aromatic rings. The zero-order valence-electron chi connectivity index (χ0n) is 10.6. The fraction of sp³-hybridized carbons (Fsp3) is 0.500. The molecular formula is C14H19FN2O. The minimum absolute atomic E-state index is 0.00910. The van der Waals surface area contributed by atoms with Crippen LogP contribution in [0, 0.1) is 12.7 Å². The van der Waals surface area contributed by atoms with Gasteiger partial charge in [0, 0.05) is 17.6 Å². The van der Waals surface area contributed by atoms with E-state index in [1.807, 2.05) is 0 Å². The molecule has 2 rings (SSSR count). The number of halogens is 1. The van der Waals surface area contributed by atoms with Crippen LogP contribution in [-0.2, 0) is 0 Å². The summed E-state index contributed by atoms with van der Waals surface area (Å²) in [7, 11) is 0. The summed E-state index contributed by atoms with van der Waals surface area (Å²) in [6.45, 7) is 1.77. The molecule has 1 saturated carbocycles. The number of aryl methyl sites for hydroxylation is 1. The number of amides is 1. The maximum Gasteiger partial charge on any atom is 0.251 e. The lowest BCUT2D eigenvalue weighted by Crippen LogP contribution is -2.49. The maximum absolute atomic E-state index is 13.2. The normalized spacial score (nSPS) is 23.7. The molecule has 3 N–H and O–H groups in total. The molecule has 1 aliphatic carbocycles. The molecule has 0 saturated heterocycles. The first-order valence-corrected chi connectivity index (χ1v) is 6.40. The van der Waals surface area contributed by atoms with E-state index < -0.39 is 0 Å². The molecule has 2 atom stereocenters. The Morgan fingerprint density at radius 2 is 2.06 bits per heavy atom. The molecular weight excluding hydrogens is 231 g/mol. The van der Waals surface area contributed by atoms with Crippen LogP contribution in [0.2, 0.25) is 0 Å². The van der Waals surface area contributed by atoms with Gasteiger partial charge in [-0.3, -0.25) is 4.79 Å². The molecule has 0 radical (unpaired) electrons. The van der Waals surface area contributed by atoms with E-state index in [0.29, 0.717) is 5.56 Å². The molecule has 4 heteroatoms. The number of benzene rings is 1. The summed E-state index contributed by atoms with van der Waals surface area (Å²) in [6.07, 6.45) is 4.04. The van der Waals surface area contributed by atoms with Crippen LogP contribution in [0.4, 0.5) is 4.39 Å². The molecule has 98 valence electrons. The Kier molecular flexibility index (Phi) is 3.97. The van der Waals surface area contributed by atoms with Gasteiger partial charge in [0.25, 0.3) is 5.91 Å².